The van der Waals surface area contributed by atoms with Gasteiger partial charge in [0.25, 0.3) is 5.91 Å². The fraction of sp³-hybridized carbons (Fsp3) is 0.222. The molecule has 0 unspecified atom stereocenters. The van der Waals surface area contributed by atoms with Crippen molar-refractivity contribution in [2.45, 2.75) is 0 Å². The zero-order valence-corrected chi connectivity index (χ0v) is 7.55. The standard InChI is InChI=1S/C9H10BNO3/c12-9(11-5-6-11)7-1-3-8(4-2-7)10(13)14/h1-4,13-14H,5-6H2. The molecule has 1 amide bonds. The molecule has 0 bridgehead atoms. The van der Waals surface area contributed by atoms with Crippen LogP contribution in [0.5, 0.6) is 0 Å². The van der Waals surface area contributed by atoms with E-state index in [-0.39, 0.29) is 5.91 Å². The van der Waals surface area contributed by atoms with Crippen LogP contribution in [0.25, 0.3) is 0 Å². The van der Waals surface area contributed by atoms with Crippen LogP contribution in [0.4, 0.5) is 0 Å². The average molecular weight is 191 g/mol. The summed E-state index contributed by atoms with van der Waals surface area (Å²) in [5, 5.41) is 17.7. The van der Waals surface area contributed by atoms with Gasteiger partial charge in [0.05, 0.1) is 0 Å². The molecule has 1 fully saturated rings. The number of carbonyl (C=O) groups excluding carboxylic acids is 1. The van der Waals surface area contributed by atoms with Gasteiger partial charge in [-0.15, -0.1) is 0 Å². The molecule has 5 heteroatoms. The lowest BCUT2D eigenvalue weighted by molar-refractivity contribution is 0.0885. The minimum absolute atomic E-state index is 0.00368. The molecule has 0 aromatic heterocycles. The van der Waals surface area contributed by atoms with Gasteiger partial charge in [-0.1, -0.05) is 12.1 Å². The quantitative estimate of drug-likeness (QED) is 0.457. The summed E-state index contributed by atoms with van der Waals surface area (Å²) in [4.78, 5) is 13.2. The van der Waals surface area contributed by atoms with Crippen LogP contribution in [-0.2, 0) is 0 Å². The van der Waals surface area contributed by atoms with Gasteiger partial charge < -0.3 is 14.9 Å². The predicted molar refractivity (Wildman–Crippen MR) is 52.2 cm³/mol. The van der Waals surface area contributed by atoms with Crippen molar-refractivity contribution in [3.05, 3.63) is 29.8 Å². The van der Waals surface area contributed by atoms with Gasteiger partial charge in [0.1, 0.15) is 0 Å². The molecule has 4 nitrogen and oxygen atoms in total. The third-order valence-corrected chi connectivity index (χ3v) is 2.19. The van der Waals surface area contributed by atoms with E-state index >= 15 is 0 Å². The van der Waals surface area contributed by atoms with Crippen molar-refractivity contribution in [3.8, 4) is 0 Å². The lowest BCUT2D eigenvalue weighted by Crippen LogP contribution is -2.29. The number of hydrogen-bond acceptors (Lipinski definition) is 3. The highest BCUT2D eigenvalue weighted by Crippen LogP contribution is 2.10. The molecule has 14 heavy (non-hydrogen) atoms. The first-order valence-electron chi connectivity index (χ1n) is 4.44. The third kappa shape index (κ3) is 1.78. The molecular weight excluding hydrogens is 181 g/mol. The predicted octanol–water partition coefficient (Wildman–Crippen LogP) is -1.18. The fourth-order valence-corrected chi connectivity index (χ4v) is 1.23. The van der Waals surface area contributed by atoms with Crippen LogP contribution in [0.15, 0.2) is 24.3 Å². The second kappa shape index (κ2) is 3.44. The summed E-state index contributed by atoms with van der Waals surface area (Å²) < 4.78 is 0. The molecule has 1 aliphatic rings. The van der Waals surface area contributed by atoms with Crippen LogP contribution in [0.2, 0.25) is 0 Å². The topological polar surface area (TPSA) is 60.5 Å². The highest BCUT2D eigenvalue weighted by atomic mass is 16.4. The number of benzene rings is 1. The zero-order valence-electron chi connectivity index (χ0n) is 7.55. The lowest BCUT2D eigenvalue weighted by atomic mass is 9.80. The summed E-state index contributed by atoms with van der Waals surface area (Å²) in [7, 11) is -1.47. The van der Waals surface area contributed by atoms with E-state index in [9.17, 15) is 4.79 Å². The fourth-order valence-electron chi connectivity index (χ4n) is 1.23. The van der Waals surface area contributed by atoms with Crippen LogP contribution >= 0.6 is 0 Å². The van der Waals surface area contributed by atoms with E-state index in [1.54, 1.807) is 29.2 Å². The maximum absolute atomic E-state index is 11.5. The van der Waals surface area contributed by atoms with E-state index in [2.05, 4.69) is 0 Å². The Kier molecular flexibility index (Phi) is 2.27. The summed E-state index contributed by atoms with van der Waals surface area (Å²) >= 11 is 0. The highest BCUT2D eigenvalue weighted by molar-refractivity contribution is 6.58. The zero-order chi connectivity index (χ0) is 10.1. The largest absolute Gasteiger partial charge is 0.488 e. The van der Waals surface area contributed by atoms with Gasteiger partial charge in [-0.3, -0.25) is 4.79 Å². The monoisotopic (exact) mass is 191 g/mol. The first-order chi connectivity index (χ1) is 6.68. The second-order valence-corrected chi connectivity index (χ2v) is 3.29. The van der Waals surface area contributed by atoms with Crippen LogP contribution in [0.1, 0.15) is 10.4 Å². The molecule has 0 saturated carbocycles. The normalized spacial score (nSPS) is 14.0. The van der Waals surface area contributed by atoms with Crippen molar-refractivity contribution in [3.63, 3.8) is 0 Å². The van der Waals surface area contributed by atoms with E-state index in [1.165, 1.54) is 0 Å². The first kappa shape index (κ1) is 9.24. The maximum atomic E-state index is 11.5. The molecule has 0 aliphatic carbocycles. The number of rotatable bonds is 2. The van der Waals surface area contributed by atoms with Crippen LogP contribution in [-0.4, -0.2) is 41.1 Å². The molecule has 0 spiro atoms. The number of hydrogen-bond donors (Lipinski definition) is 2. The molecular formula is C9H10BNO3. The summed E-state index contributed by atoms with van der Waals surface area (Å²) in [6, 6.07) is 6.30. The average Bonchev–Trinajstić information content (AvgIpc) is 3.00. The van der Waals surface area contributed by atoms with Gasteiger partial charge >= 0.3 is 7.12 Å². The Balaban J connectivity index is 2.16. The summed E-state index contributed by atoms with van der Waals surface area (Å²) in [6.07, 6.45) is 0. The third-order valence-electron chi connectivity index (χ3n) is 2.19. The Morgan fingerprint density at radius 1 is 1.21 bits per heavy atom. The Bertz CT molecular complexity index is 346. The molecule has 1 aliphatic heterocycles. The summed E-state index contributed by atoms with van der Waals surface area (Å²) in [6.45, 7) is 1.65. The van der Waals surface area contributed by atoms with Crippen LogP contribution < -0.4 is 5.46 Å². The minimum atomic E-state index is -1.47. The minimum Gasteiger partial charge on any atom is -0.423 e. The van der Waals surface area contributed by atoms with Gasteiger partial charge in [0, 0.05) is 18.7 Å². The number of carbonyl (C=O) groups is 1. The van der Waals surface area contributed by atoms with Gasteiger partial charge in [-0.2, -0.15) is 0 Å². The Labute approximate surface area is 81.9 Å². The summed E-state index contributed by atoms with van der Waals surface area (Å²) in [5.74, 6) is 0.00368. The Morgan fingerprint density at radius 2 is 1.79 bits per heavy atom. The van der Waals surface area contributed by atoms with Crippen molar-refractivity contribution in [1.82, 2.24) is 4.90 Å². The molecule has 0 atom stereocenters. The number of amides is 1. The molecule has 2 rings (SSSR count). The van der Waals surface area contributed by atoms with Crippen LogP contribution in [0, 0.1) is 0 Å². The van der Waals surface area contributed by atoms with Crippen LogP contribution in [0.3, 0.4) is 0 Å². The van der Waals surface area contributed by atoms with E-state index in [4.69, 9.17) is 10.0 Å². The lowest BCUT2D eigenvalue weighted by Gasteiger charge is -2.03. The molecule has 1 aromatic carbocycles. The van der Waals surface area contributed by atoms with Crippen molar-refractivity contribution in [2.24, 2.45) is 0 Å². The summed E-state index contributed by atoms with van der Waals surface area (Å²) in [5.41, 5.74) is 0.985. The van der Waals surface area contributed by atoms with Gasteiger partial charge in [-0.05, 0) is 17.6 Å². The van der Waals surface area contributed by atoms with Gasteiger partial charge in [-0.25, -0.2) is 0 Å². The van der Waals surface area contributed by atoms with Crippen molar-refractivity contribution >= 4 is 18.5 Å². The molecule has 72 valence electrons. The molecule has 1 aromatic rings. The second-order valence-electron chi connectivity index (χ2n) is 3.29. The molecule has 1 heterocycles. The molecule has 2 N–H and O–H groups in total. The molecule has 0 radical (unpaired) electrons. The van der Waals surface area contributed by atoms with E-state index in [0.717, 1.165) is 13.1 Å². The maximum Gasteiger partial charge on any atom is 0.488 e. The van der Waals surface area contributed by atoms with E-state index in [1.807, 2.05) is 0 Å². The van der Waals surface area contributed by atoms with Crippen molar-refractivity contribution in [1.29, 1.82) is 0 Å². The first-order valence-corrected chi connectivity index (χ1v) is 4.44. The SMILES string of the molecule is O=C(c1ccc(B(O)O)cc1)N1CC1. The van der Waals surface area contributed by atoms with Gasteiger partial charge in [0.2, 0.25) is 0 Å². The number of nitrogens with zero attached hydrogens (tertiary/aromatic N) is 1. The molecule has 1 saturated heterocycles. The van der Waals surface area contributed by atoms with E-state index in [0.29, 0.717) is 11.0 Å². The van der Waals surface area contributed by atoms with E-state index < -0.39 is 7.12 Å². The van der Waals surface area contributed by atoms with Gasteiger partial charge in [0.15, 0.2) is 0 Å². The smallest absolute Gasteiger partial charge is 0.423 e. The Morgan fingerprint density at radius 3 is 2.21 bits per heavy atom. The highest BCUT2D eigenvalue weighted by Gasteiger charge is 2.25. The Hall–Kier alpha value is -1.33. The van der Waals surface area contributed by atoms with Crippen molar-refractivity contribution in [2.75, 3.05) is 13.1 Å². The van der Waals surface area contributed by atoms with Crippen molar-refractivity contribution < 1.29 is 14.8 Å².